The Kier molecular flexibility index (Phi) is 3.69. The van der Waals surface area contributed by atoms with E-state index in [4.69, 9.17) is 5.11 Å². The third kappa shape index (κ3) is 2.72. The van der Waals surface area contributed by atoms with Gasteiger partial charge in [0, 0.05) is 18.8 Å². The minimum absolute atomic E-state index is 0.110. The van der Waals surface area contributed by atoms with Gasteiger partial charge in [0.15, 0.2) is 0 Å². The minimum Gasteiger partial charge on any atom is -0.480 e. The number of carboxylic acid groups (broad SMARTS) is 1. The van der Waals surface area contributed by atoms with Crippen molar-refractivity contribution < 1.29 is 14.7 Å². The highest BCUT2D eigenvalue weighted by Crippen LogP contribution is 2.28. The van der Waals surface area contributed by atoms with Crippen molar-refractivity contribution in [2.75, 3.05) is 6.54 Å². The molecule has 0 radical (unpaired) electrons. The van der Waals surface area contributed by atoms with E-state index < -0.39 is 5.97 Å². The molecule has 1 N–H and O–H groups in total. The van der Waals surface area contributed by atoms with Crippen molar-refractivity contribution >= 4 is 11.9 Å². The van der Waals surface area contributed by atoms with E-state index >= 15 is 0 Å². The van der Waals surface area contributed by atoms with Gasteiger partial charge in [0.05, 0.1) is 0 Å². The SMILES string of the molecule is CCCn1cccc1C(=O)N(CC(=O)O)C1CC1. The van der Waals surface area contributed by atoms with Gasteiger partial charge in [-0.2, -0.15) is 0 Å². The van der Waals surface area contributed by atoms with E-state index in [2.05, 4.69) is 0 Å². The highest BCUT2D eigenvalue weighted by molar-refractivity contribution is 5.95. The molecule has 1 saturated carbocycles. The molecule has 1 aliphatic carbocycles. The van der Waals surface area contributed by atoms with Gasteiger partial charge in [-0.3, -0.25) is 9.59 Å². The van der Waals surface area contributed by atoms with Crippen molar-refractivity contribution in [3.05, 3.63) is 24.0 Å². The van der Waals surface area contributed by atoms with Crippen LogP contribution in [0.15, 0.2) is 18.3 Å². The highest BCUT2D eigenvalue weighted by Gasteiger charge is 2.35. The first-order valence-electron chi connectivity index (χ1n) is 6.31. The number of carbonyl (C=O) groups is 2. The fourth-order valence-corrected chi connectivity index (χ4v) is 2.09. The lowest BCUT2D eigenvalue weighted by molar-refractivity contribution is -0.137. The van der Waals surface area contributed by atoms with Crippen molar-refractivity contribution in [1.82, 2.24) is 9.47 Å². The molecule has 1 aliphatic rings. The molecule has 0 aromatic carbocycles. The fourth-order valence-electron chi connectivity index (χ4n) is 2.09. The summed E-state index contributed by atoms with van der Waals surface area (Å²) in [5.74, 6) is -1.12. The van der Waals surface area contributed by atoms with Crippen LogP contribution in [0.25, 0.3) is 0 Å². The second kappa shape index (κ2) is 5.25. The number of nitrogens with zero attached hydrogens (tertiary/aromatic N) is 2. The predicted molar refractivity (Wildman–Crippen MR) is 66.4 cm³/mol. The van der Waals surface area contributed by atoms with Crippen LogP contribution < -0.4 is 0 Å². The molecule has 2 rings (SSSR count). The van der Waals surface area contributed by atoms with Crippen molar-refractivity contribution in [3.8, 4) is 0 Å². The fraction of sp³-hybridized carbons (Fsp3) is 0.538. The van der Waals surface area contributed by atoms with Crippen LogP contribution in [0.4, 0.5) is 0 Å². The molecule has 18 heavy (non-hydrogen) atoms. The van der Waals surface area contributed by atoms with E-state index in [0.29, 0.717) is 5.69 Å². The first-order chi connectivity index (χ1) is 8.63. The predicted octanol–water partition coefficient (Wildman–Crippen LogP) is 1.59. The summed E-state index contributed by atoms with van der Waals surface area (Å²) in [5, 5.41) is 8.88. The zero-order chi connectivity index (χ0) is 13.1. The molecule has 98 valence electrons. The van der Waals surface area contributed by atoms with Gasteiger partial charge < -0.3 is 14.6 Å². The number of carboxylic acids is 1. The Balaban J connectivity index is 2.16. The molecule has 5 nitrogen and oxygen atoms in total. The largest absolute Gasteiger partial charge is 0.480 e. The Morgan fingerprint density at radius 2 is 2.22 bits per heavy atom. The Hall–Kier alpha value is -1.78. The number of aryl methyl sites for hydroxylation is 1. The first-order valence-corrected chi connectivity index (χ1v) is 6.31. The maximum absolute atomic E-state index is 12.4. The van der Waals surface area contributed by atoms with Crippen LogP contribution in [0.3, 0.4) is 0 Å². The van der Waals surface area contributed by atoms with E-state index in [1.807, 2.05) is 23.8 Å². The molecule has 0 spiro atoms. The number of rotatable bonds is 6. The summed E-state index contributed by atoms with van der Waals surface area (Å²) in [5.41, 5.74) is 0.588. The molecule has 0 aliphatic heterocycles. The Morgan fingerprint density at radius 1 is 1.50 bits per heavy atom. The molecule has 5 heteroatoms. The van der Waals surface area contributed by atoms with E-state index in [1.165, 1.54) is 4.90 Å². The van der Waals surface area contributed by atoms with E-state index in [-0.39, 0.29) is 18.5 Å². The lowest BCUT2D eigenvalue weighted by atomic mass is 10.3. The summed E-state index contributed by atoms with van der Waals surface area (Å²) < 4.78 is 1.89. The number of amides is 1. The average Bonchev–Trinajstić information content (AvgIpc) is 3.06. The molecule has 0 bridgehead atoms. The standard InChI is InChI=1S/C13H18N2O3/c1-2-7-14-8-3-4-11(14)13(18)15(9-12(16)17)10-5-6-10/h3-4,8,10H,2,5-7,9H2,1H3,(H,16,17). The second-order valence-corrected chi connectivity index (χ2v) is 4.64. The van der Waals surface area contributed by atoms with Gasteiger partial charge in [0.1, 0.15) is 12.2 Å². The summed E-state index contributed by atoms with van der Waals surface area (Å²) in [4.78, 5) is 24.7. The molecule has 0 atom stereocenters. The third-order valence-corrected chi connectivity index (χ3v) is 3.07. The van der Waals surface area contributed by atoms with Gasteiger partial charge in [-0.1, -0.05) is 6.92 Å². The topological polar surface area (TPSA) is 62.5 Å². The van der Waals surface area contributed by atoms with Gasteiger partial charge in [0.25, 0.3) is 5.91 Å². The normalized spacial score (nSPS) is 14.5. The van der Waals surface area contributed by atoms with E-state index in [9.17, 15) is 9.59 Å². The smallest absolute Gasteiger partial charge is 0.323 e. The number of hydrogen-bond acceptors (Lipinski definition) is 2. The molecule has 1 aromatic rings. The van der Waals surface area contributed by atoms with E-state index in [1.54, 1.807) is 6.07 Å². The Bertz CT molecular complexity index is 449. The van der Waals surface area contributed by atoms with Crippen LogP contribution >= 0.6 is 0 Å². The second-order valence-electron chi connectivity index (χ2n) is 4.64. The van der Waals surface area contributed by atoms with Gasteiger partial charge in [-0.05, 0) is 31.4 Å². The summed E-state index contributed by atoms with van der Waals surface area (Å²) in [6.45, 7) is 2.62. The highest BCUT2D eigenvalue weighted by atomic mass is 16.4. The first kappa shape index (κ1) is 12.7. The van der Waals surface area contributed by atoms with Crippen LogP contribution in [-0.4, -0.2) is 39.0 Å². The van der Waals surface area contributed by atoms with Crippen molar-refractivity contribution in [1.29, 1.82) is 0 Å². The van der Waals surface area contributed by atoms with E-state index in [0.717, 1.165) is 25.8 Å². The number of aromatic nitrogens is 1. The average molecular weight is 250 g/mol. The van der Waals surface area contributed by atoms with Crippen molar-refractivity contribution in [2.45, 2.75) is 38.8 Å². The number of carbonyl (C=O) groups excluding carboxylic acids is 1. The van der Waals surface area contributed by atoms with Crippen LogP contribution in [0.2, 0.25) is 0 Å². The third-order valence-electron chi connectivity index (χ3n) is 3.07. The summed E-state index contributed by atoms with van der Waals surface area (Å²) in [6.07, 6.45) is 4.63. The lowest BCUT2D eigenvalue weighted by Crippen LogP contribution is -2.38. The van der Waals surface area contributed by atoms with Gasteiger partial charge >= 0.3 is 5.97 Å². The Morgan fingerprint density at radius 3 is 2.78 bits per heavy atom. The molecule has 1 heterocycles. The molecule has 1 amide bonds. The summed E-state index contributed by atoms with van der Waals surface area (Å²) >= 11 is 0. The monoisotopic (exact) mass is 250 g/mol. The zero-order valence-electron chi connectivity index (χ0n) is 10.5. The van der Waals surface area contributed by atoms with Gasteiger partial charge in [0.2, 0.25) is 0 Å². The Labute approximate surface area is 106 Å². The molecular weight excluding hydrogens is 232 g/mol. The molecule has 1 fully saturated rings. The van der Waals surface area contributed by atoms with Gasteiger partial charge in [-0.15, -0.1) is 0 Å². The summed E-state index contributed by atoms with van der Waals surface area (Å²) in [7, 11) is 0. The lowest BCUT2D eigenvalue weighted by Gasteiger charge is -2.21. The maximum Gasteiger partial charge on any atom is 0.323 e. The summed E-state index contributed by atoms with van der Waals surface area (Å²) in [6, 6.07) is 3.70. The van der Waals surface area contributed by atoms with Gasteiger partial charge in [-0.25, -0.2) is 0 Å². The molecule has 0 saturated heterocycles. The zero-order valence-corrected chi connectivity index (χ0v) is 10.5. The van der Waals surface area contributed by atoms with Crippen LogP contribution in [0.1, 0.15) is 36.7 Å². The van der Waals surface area contributed by atoms with Crippen LogP contribution in [-0.2, 0) is 11.3 Å². The number of hydrogen-bond donors (Lipinski definition) is 1. The minimum atomic E-state index is -0.955. The maximum atomic E-state index is 12.4. The van der Waals surface area contributed by atoms with Crippen LogP contribution in [0.5, 0.6) is 0 Å². The molecule has 1 aromatic heterocycles. The molecule has 0 unspecified atom stereocenters. The quantitative estimate of drug-likeness (QED) is 0.834. The number of aliphatic carboxylic acids is 1. The van der Waals surface area contributed by atoms with Crippen molar-refractivity contribution in [3.63, 3.8) is 0 Å². The molecular formula is C13H18N2O3. The van der Waals surface area contributed by atoms with Crippen LogP contribution in [0, 0.1) is 0 Å². The van der Waals surface area contributed by atoms with Crippen molar-refractivity contribution in [2.24, 2.45) is 0 Å².